The zero-order valence-electron chi connectivity index (χ0n) is 13.3. The van der Waals surface area contributed by atoms with Crippen LogP contribution in [0.25, 0.3) is 0 Å². The van der Waals surface area contributed by atoms with Crippen molar-refractivity contribution in [1.29, 1.82) is 0 Å². The van der Waals surface area contributed by atoms with Gasteiger partial charge in [-0.15, -0.1) is 11.8 Å². The molecule has 6 heteroatoms. The Morgan fingerprint density at radius 3 is 2.55 bits per heavy atom. The standard InChI is InChI=1S/C16H22N4OS/c1-11(13-9-17-20(3)10-13)18-16(21)19-12(2)14-7-5-6-8-15(14)22-4/h5-12H,1-4H3,(H2,18,19,21)/t11-,12+/m0/s1. The smallest absolute Gasteiger partial charge is 0.315 e. The average molecular weight is 318 g/mol. The molecule has 2 atom stereocenters. The first-order chi connectivity index (χ1) is 10.5. The van der Waals surface area contributed by atoms with Crippen molar-refractivity contribution in [2.45, 2.75) is 30.8 Å². The van der Waals surface area contributed by atoms with Gasteiger partial charge in [0.2, 0.25) is 0 Å². The van der Waals surface area contributed by atoms with E-state index >= 15 is 0 Å². The molecular weight excluding hydrogens is 296 g/mol. The van der Waals surface area contributed by atoms with Crippen molar-refractivity contribution in [3.8, 4) is 0 Å². The van der Waals surface area contributed by atoms with Crippen LogP contribution in [0.15, 0.2) is 41.6 Å². The number of nitrogens with one attached hydrogen (secondary N) is 2. The van der Waals surface area contributed by atoms with E-state index in [-0.39, 0.29) is 18.1 Å². The van der Waals surface area contributed by atoms with Crippen LogP contribution in [0.1, 0.15) is 37.1 Å². The minimum atomic E-state index is -0.181. The highest BCUT2D eigenvalue weighted by molar-refractivity contribution is 7.98. The largest absolute Gasteiger partial charge is 0.332 e. The molecule has 118 valence electrons. The minimum absolute atomic E-state index is 0.0512. The first-order valence-corrected chi connectivity index (χ1v) is 8.42. The fourth-order valence-corrected chi connectivity index (χ4v) is 2.98. The lowest BCUT2D eigenvalue weighted by molar-refractivity contribution is 0.235. The van der Waals surface area contributed by atoms with E-state index in [1.807, 2.05) is 51.5 Å². The van der Waals surface area contributed by atoms with Crippen molar-refractivity contribution >= 4 is 17.8 Å². The third-order valence-corrected chi connectivity index (χ3v) is 4.34. The summed E-state index contributed by atoms with van der Waals surface area (Å²) >= 11 is 1.68. The zero-order valence-corrected chi connectivity index (χ0v) is 14.1. The van der Waals surface area contributed by atoms with Crippen LogP contribution in [0.4, 0.5) is 4.79 Å². The van der Waals surface area contributed by atoms with Crippen LogP contribution < -0.4 is 10.6 Å². The van der Waals surface area contributed by atoms with Crippen molar-refractivity contribution in [2.75, 3.05) is 6.26 Å². The van der Waals surface area contributed by atoms with Gasteiger partial charge in [-0.1, -0.05) is 18.2 Å². The topological polar surface area (TPSA) is 59.0 Å². The summed E-state index contributed by atoms with van der Waals surface area (Å²) in [6.07, 6.45) is 5.70. The number of carbonyl (C=O) groups excluding carboxylic acids is 1. The third kappa shape index (κ3) is 4.04. The number of amides is 2. The number of benzene rings is 1. The van der Waals surface area contributed by atoms with Crippen LogP contribution in [-0.2, 0) is 7.05 Å². The molecule has 0 unspecified atom stereocenters. The van der Waals surface area contributed by atoms with E-state index in [4.69, 9.17) is 0 Å². The molecule has 22 heavy (non-hydrogen) atoms. The molecule has 1 aromatic carbocycles. The molecule has 2 aromatic rings. The molecule has 0 radical (unpaired) electrons. The molecule has 0 saturated carbocycles. The Balaban J connectivity index is 1.96. The summed E-state index contributed by atoms with van der Waals surface area (Å²) in [4.78, 5) is 13.3. The molecule has 5 nitrogen and oxygen atoms in total. The van der Waals surface area contributed by atoms with Gasteiger partial charge < -0.3 is 10.6 Å². The van der Waals surface area contributed by atoms with Gasteiger partial charge in [0.1, 0.15) is 0 Å². The second-order valence-corrected chi connectivity index (χ2v) is 6.10. The van der Waals surface area contributed by atoms with Crippen molar-refractivity contribution in [3.05, 3.63) is 47.8 Å². The number of hydrogen-bond acceptors (Lipinski definition) is 3. The summed E-state index contributed by atoms with van der Waals surface area (Å²) in [7, 11) is 1.86. The normalized spacial score (nSPS) is 13.5. The van der Waals surface area contributed by atoms with Gasteiger partial charge in [-0.25, -0.2) is 4.79 Å². The molecule has 1 aromatic heterocycles. The maximum Gasteiger partial charge on any atom is 0.315 e. The predicted octanol–water partition coefficient (Wildman–Crippen LogP) is 3.26. The number of urea groups is 1. The number of thioether (sulfide) groups is 1. The number of aryl methyl sites for hydroxylation is 1. The monoisotopic (exact) mass is 318 g/mol. The zero-order chi connectivity index (χ0) is 16.1. The van der Waals surface area contributed by atoms with Gasteiger partial charge >= 0.3 is 6.03 Å². The van der Waals surface area contributed by atoms with Gasteiger partial charge in [0.05, 0.1) is 18.3 Å². The highest BCUT2D eigenvalue weighted by atomic mass is 32.2. The number of carbonyl (C=O) groups is 1. The number of nitrogens with zero attached hydrogens (tertiary/aromatic N) is 2. The van der Waals surface area contributed by atoms with E-state index in [9.17, 15) is 4.79 Å². The molecule has 0 aliphatic rings. The van der Waals surface area contributed by atoms with Crippen LogP contribution in [0.2, 0.25) is 0 Å². The Bertz CT molecular complexity index is 641. The highest BCUT2D eigenvalue weighted by Crippen LogP contribution is 2.25. The maximum absolute atomic E-state index is 12.2. The first kappa shape index (κ1) is 16.4. The molecule has 2 N–H and O–H groups in total. The summed E-state index contributed by atoms with van der Waals surface area (Å²) in [6, 6.07) is 7.78. The van der Waals surface area contributed by atoms with Crippen LogP contribution >= 0.6 is 11.8 Å². The average Bonchev–Trinajstić information content (AvgIpc) is 2.93. The summed E-state index contributed by atoms with van der Waals surface area (Å²) < 4.78 is 1.72. The van der Waals surface area contributed by atoms with E-state index in [2.05, 4.69) is 21.8 Å². The molecule has 1 heterocycles. The molecule has 0 saturated heterocycles. The molecule has 2 amide bonds. The Labute approximate surface area is 135 Å². The fourth-order valence-electron chi connectivity index (χ4n) is 2.28. The second kappa shape index (κ2) is 7.35. The van der Waals surface area contributed by atoms with E-state index < -0.39 is 0 Å². The number of aromatic nitrogens is 2. The molecule has 0 aliphatic carbocycles. The van der Waals surface area contributed by atoms with Crippen LogP contribution in [0.5, 0.6) is 0 Å². The minimum Gasteiger partial charge on any atom is -0.332 e. The third-order valence-electron chi connectivity index (χ3n) is 3.53. The van der Waals surface area contributed by atoms with E-state index in [0.717, 1.165) is 11.1 Å². The van der Waals surface area contributed by atoms with Crippen molar-refractivity contribution in [1.82, 2.24) is 20.4 Å². The van der Waals surface area contributed by atoms with Crippen molar-refractivity contribution < 1.29 is 4.79 Å². The Hall–Kier alpha value is -1.95. The summed E-state index contributed by atoms with van der Waals surface area (Å²) in [5.74, 6) is 0. The molecule has 0 fully saturated rings. The van der Waals surface area contributed by atoms with E-state index in [0.29, 0.717) is 0 Å². The Morgan fingerprint density at radius 1 is 1.23 bits per heavy atom. The van der Waals surface area contributed by atoms with Crippen LogP contribution in [0.3, 0.4) is 0 Å². The van der Waals surface area contributed by atoms with Gasteiger partial charge in [0.15, 0.2) is 0 Å². The summed E-state index contributed by atoms with van der Waals surface area (Å²) in [6.45, 7) is 3.93. The van der Waals surface area contributed by atoms with Gasteiger partial charge in [0.25, 0.3) is 0 Å². The van der Waals surface area contributed by atoms with E-state index in [1.54, 1.807) is 22.6 Å². The quantitative estimate of drug-likeness (QED) is 0.832. The number of rotatable bonds is 5. The van der Waals surface area contributed by atoms with E-state index in [1.165, 1.54) is 4.90 Å². The van der Waals surface area contributed by atoms with Gasteiger partial charge in [-0.3, -0.25) is 4.68 Å². The molecule has 2 rings (SSSR count). The number of hydrogen-bond donors (Lipinski definition) is 2. The van der Waals surface area contributed by atoms with Crippen molar-refractivity contribution in [2.24, 2.45) is 7.05 Å². The molecule has 0 spiro atoms. The molecular formula is C16H22N4OS. The maximum atomic E-state index is 12.2. The lowest BCUT2D eigenvalue weighted by Gasteiger charge is -2.19. The van der Waals surface area contributed by atoms with Crippen LogP contribution in [0, 0.1) is 0 Å². The predicted molar refractivity (Wildman–Crippen MR) is 89.9 cm³/mol. The van der Waals surface area contributed by atoms with Crippen LogP contribution in [-0.4, -0.2) is 22.1 Å². The SMILES string of the molecule is CSc1ccccc1[C@@H](C)NC(=O)N[C@@H](C)c1cnn(C)c1. The highest BCUT2D eigenvalue weighted by Gasteiger charge is 2.15. The van der Waals surface area contributed by atoms with Gasteiger partial charge in [-0.2, -0.15) is 5.10 Å². The molecule has 0 bridgehead atoms. The molecule has 0 aliphatic heterocycles. The van der Waals surface area contributed by atoms with Gasteiger partial charge in [0, 0.05) is 23.7 Å². The van der Waals surface area contributed by atoms with Crippen molar-refractivity contribution in [3.63, 3.8) is 0 Å². The van der Waals surface area contributed by atoms with Gasteiger partial charge in [-0.05, 0) is 31.7 Å². The Morgan fingerprint density at radius 2 is 1.91 bits per heavy atom. The first-order valence-electron chi connectivity index (χ1n) is 7.19. The lowest BCUT2D eigenvalue weighted by Crippen LogP contribution is -2.38. The summed E-state index contributed by atoms with van der Waals surface area (Å²) in [5.41, 5.74) is 2.11. The second-order valence-electron chi connectivity index (χ2n) is 5.25. The fraction of sp³-hybridized carbons (Fsp3) is 0.375. The lowest BCUT2D eigenvalue weighted by atomic mass is 10.1. The summed E-state index contributed by atoms with van der Waals surface area (Å²) in [5, 5.41) is 10.0. The Kier molecular flexibility index (Phi) is 5.49.